The van der Waals surface area contributed by atoms with Gasteiger partial charge in [0, 0.05) is 24.5 Å². The van der Waals surface area contributed by atoms with E-state index in [4.69, 9.17) is 5.73 Å². The Hall–Kier alpha value is -0.570. The molecule has 3 aliphatic rings. The lowest BCUT2D eigenvalue weighted by molar-refractivity contribution is -0.143. The van der Waals surface area contributed by atoms with Crippen LogP contribution in [-0.2, 0) is 4.79 Å². The average molecular weight is 278 g/mol. The molecule has 3 heteroatoms. The van der Waals surface area contributed by atoms with E-state index in [2.05, 4.69) is 11.8 Å². The molecule has 0 bridgehead atoms. The summed E-state index contributed by atoms with van der Waals surface area (Å²) in [6, 6.07) is 0.783. The smallest absolute Gasteiger partial charge is 0.225 e. The third-order valence-corrected chi connectivity index (χ3v) is 6.13. The maximum Gasteiger partial charge on any atom is 0.225 e. The summed E-state index contributed by atoms with van der Waals surface area (Å²) < 4.78 is 0. The molecule has 1 aliphatic heterocycles. The Morgan fingerprint density at radius 2 is 1.80 bits per heavy atom. The molecule has 0 aromatic carbocycles. The highest BCUT2D eigenvalue weighted by atomic mass is 16.2. The molecular weight excluding hydrogens is 248 g/mol. The second-order valence-corrected chi connectivity index (χ2v) is 7.44. The minimum Gasteiger partial charge on any atom is -0.339 e. The van der Waals surface area contributed by atoms with Crippen LogP contribution in [0.2, 0.25) is 0 Å². The first-order valence-electron chi connectivity index (χ1n) is 8.73. The van der Waals surface area contributed by atoms with Crippen molar-refractivity contribution in [2.75, 3.05) is 6.54 Å². The number of piperidine rings is 1. The van der Waals surface area contributed by atoms with Crippen LogP contribution in [0.4, 0.5) is 0 Å². The van der Waals surface area contributed by atoms with Crippen LogP contribution in [0, 0.1) is 17.8 Å². The van der Waals surface area contributed by atoms with Crippen molar-refractivity contribution in [2.45, 2.75) is 76.8 Å². The van der Waals surface area contributed by atoms with Gasteiger partial charge in [-0.3, -0.25) is 4.79 Å². The second kappa shape index (κ2) is 6.05. The quantitative estimate of drug-likeness (QED) is 0.801. The van der Waals surface area contributed by atoms with Crippen molar-refractivity contribution in [3.05, 3.63) is 0 Å². The van der Waals surface area contributed by atoms with Gasteiger partial charge >= 0.3 is 0 Å². The molecule has 0 aromatic heterocycles. The first-order valence-corrected chi connectivity index (χ1v) is 8.73. The molecule has 3 rings (SSSR count). The number of nitrogens with two attached hydrogens (primary N) is 1. The van der Waals surface area contributed by atoms with Crippen molar-refractivity contribution in [3.63, 3.8) is 0 Å². The van der Waals surface area contributed by atoms with E-state index in [1.54, 1.807) is 0 Å². The Kier molecular flexibility index (Phi) is 4.34. The normalized spacial score (nSPS) is 42.1. The molecule has 1 amide bonds. The predicted octanol–water partition coefficient (Wildman–Crippen LogP) is 2.93. The fraction of sp³-hybridized carbons (Fsp3) is 0.941. The van der Waals surface area contributed by atoms with Gasteiger partial charge in [-0.25, -0.2) is 0 Å². The summed E-state index contributed by atoms with van der Waals surface area (Å²) in [6.07, 6.45) is 10.9. The lowest BCUT2D eigenvalue weighted by atomic mass is 9.75. The maximum atomic E-state index is 12.9. The molecule has 114 valence electrons. The molecule has 20 heavy (non-hydrogen) atoms. The zero-order valence-electron chi connectivity index (χ0n) is 12.9. The second-order valence-electron chi connectivity index (χ2n) is 7.44. The van der Waals surface area contributed by atoms with E-state index in [1.165, 1.54) is 38.5 Å². The van der Waals surface area contributed by atoms with E-state index in [0.717, 1.165) is 31.7 Å². The highest BCUT2D eigenvalue weighted by molar-refractivity contribution is 5.79. The fourth-order valence-corrected chi connectivity index (χ4v) is 4.71. The van der Waals surface area contributed by atoms with Crippen LogP contribution in [0.5, 0.6) is 0 Å². The SMILES string of the molecule is CC1CCC(C(=O)N2CCCC3CCCCC32)CC1N. The number of fused-ring (bicyclic) bond motifs is 1. The third kappa shape index (κ3) is 2.74. The van der Waals surface area contributed by atoms with Gasteiger partial charge in [-0.2, -0.15) is 0 Å². The van der Waals surface area contributed by atoms with E-state index >= 15 is 0 Å². The fourth-order valence-electron chi connectivity index (χ4n) is 4.71. The summed E-state index contributed by atoms with van der Waals surface area (Å²) in [5.74, 6) is 2.02. The van der Waals surface area contributed by atoms with E-state index in [-0.39, 0.29) is 12.0 Å². The number of carbonyl (C=O) groups is 1. The van der Waals surface area contributed by atoms with Gasteiger partial charge in [0.1, 0.15) is 0 Å². The molecule has 3 fully saturated rings. The molecule has 0 spiro atoms. The van der Waals surface area contributed by atoms with Crippen LogP contribution >= 0.6 is 0 Å². The molecule has 2 aliphatic carbocycles. The molecule has 2 saturated carbocycles. The number of hydrogen-bond donors (Lipinski definition) is 1. The summed E-state index contributed by atoms with van der Waals surface area (Å²) in [4.78, 5) is 15.2. The van der Waals surface area contributed by atoms with Gasteiger partial charge in [0.25, 0.3) is 0 Å². The van der Waals surface area contributed by atoms with Gasteiger partial charge < -0.3 is 10.6 Å². The Labute approximate surface area is 123 Å². The molecule has 3 nitrogen and oxygen atoms in total. The largest absolute Gasteiger partial charge is 0.339 e. The molecule has 2 N–H and O–H groups in total. The lowest BCUT2D eigenvalue weighted by Gasteiger charge is -2.46. The minimum absolute atomic E-state index is 0.210. The standard InChI is InChI=1S/C17H30N2O/c1-12-8-9-14(11-15(12)18)17(20)19-10-4-6-13-5-2-3-7-16(13)19/h12-16H,2-11,18H2,1H3. The van der Waals surface area contributed by atoms with Gasteiger partial charge in [0.15, 0.2) is 0 Å². The molecule has 0 aromatic rings. The summed E-state index contributed by atoms with van der Waals surface area (Å²) in [5.41, 5.74) is 6.20. The average Bonchev–Trinajstić information content (AvgIpc) is 2.49. The predicted molar refractivity (Wildman–Crippen MR) is 81.2 cm³/mol. The zero-order valence-corrected chi connectivity index (χ0v) is 12.9. The summed E-state index contributed by atoms with van der Waals surface area (Å²) in [7, 11) is 0. The Morgan fingerprint density at radius 3 is 2.60 bits per heavy atom. The van der Waals surface area contributed by atoms with Crippen LogP contribution in [0.25, 0.3) is 0 Å². The van der Waals surface area contributed by atoms with Crippen LogP contribution < -0.4 is 5.73 Å². The molecule has 0 radical (unpaired) electrons. The lowest BCUT2D eigenvalue weighted by Crippen LogP contribution is -2.53. The Morgan fingerprint density at radius 1 is 1.05 bits per heavy atom. The number of amides is 1. The van der Waals surface area contributed by atoms with Crippen molar-refractivity contribution in [1.29, 1.82) is 0 Å². The van der Waals surface area contributed by atoms with Gasteiger partial charge in [0.05, 0.1) is 0 Å². The first-order chi connectivity index (χ1) is 9.66. The molecule has 5 unspecified atom stereocenters. The van der Waals surface area contributed by atoms with Gasteiger partial charge in [-0.15, -0.1) is 0 Å². The minimum atomic E-state index is 0.210. The van der Waals surface area contributed by atoms with E-state index in [9.17, 15) is 4.79 Å². The number of hydrogen-bond acceptors (Lipinski definition) is 2. The van der Waals surface area contributed by atoms with Crippen molar-refractivity contribution in [1.82, 2.24) is 4.90 Å². The zero-order chi connectivity index (χ0) is 14.1. The first kappa shape index (κ1) is 14.4. The Balaban J connectivity index is 1.66. The monoisotopic (exact) mass is 278 g/mol. The summed E-state index contributed by atoms with van der Waals surface area (Å²) in [6.45, 7) is 3.23. The van der Waals surface area contributed by atoms with Gasteiger partial charge in [-0.1, -0.05) is 19.8 Å². The third-order valence-electron chi connectivity index (χ3n) is 6.13. The van der Waals surface area contributed by atoms with Crippen LogP contribution in [-0.4, -0.2) is 29.4 Å². The summed E-state index contributed by atoms with van der Waals surface area (Å²) >= 11 is 0. The molecular formula is C17H30N2O. The molecule has 1 heterocycles. The van der Waals surface area contributed by atoms with Crippen molar-refractivity contribution in [3.8, 4) is 0 Å². The number of rotatable bonds is 1. The van der Waals surface area contributed by atoms with Gasteiger partial charge in [-0.05, 0) is 56.8 Å². The summed E-state index contributed by atoms with van der Waals surface area (Å²) in [5, 5.41) is 0. The van der Waals surface area contributed by atoms with E-state index < -0.39 is 0 Å². The Bertz CT molecular complexity index is 355. The van der Waals surface area contributed by atoms with Crippen molar-refractivity contribution < 1.29 is 4.79 Å². The number of nitrogens with zero attached hydrogens (tertiary/aromatic N) is 1. The van der Waals surface area contributed by atoms with Crippen LogP contribution in [0.3, 0.4) is 0 Å². The van der Waals surface area contributed by atoms with Crippen molar-refractivity contribution in [2.24, 2.45) is 23.5 Å². The number of likely N-dealkylation sites (tertiary alicyclic amines) is 1. The topological polar surface area (TPSA) is 46.3 Å². The van der Waals surface area contributed by atoms with Crippen LogP contribution in [0.15, 0.2) is 0 Å². The van der Waals surface area contributed by atoms with Crippen LogP contribution in [0.1, 0.15) is 64.7 Å². The molecule has 1 saturated heterocycles. The highest BCUT2D eigenvalue weighted by Crippen LogP contribution is 2.37. The maximum absolute atomic E-state index is 12.9. The van der Waals surface area contributed by atoms with Gasteiger partial charge in [0.2, 0.25) is 5.91 Å². The molecule has 5 atom stereocenters. The highest BCUT2D eigenvalue weighted by Gasteiger charge is 2.39. The van der Waals surface area contributed by atoms with E-state index in [0.29, 0.717) is 17.9 Å². The van der Waals surface area contributed by atoms with Crippen molar-refractivity contribution >= 4 is 5.91 Å². The van der Waals surface area contributed by atoms with E-state index in [1.807, 2.05) is 0 Å². The number of carbonyl (C=O) groups excluding carboxylic acids is 1.